The Morgan fingerprint density at radius 2 is 1.82 bits per heavy atom. The van der Waals surface area contributed by atoms with E-state index in [4.69, 9.17) is 18.9 Å². The molecule has 0 bridgehead atoms. The Morgan fingerprint density at radius 1 is 0.964 bits per heavy atom. The van der Waals surface area contributed by atoms with Crippen molar-refractivity contribution >= 4 is 0 Å². The van der Waals surface area contributed by atoms with Gasteiger partial charge in [-0.15, -0.1) is 0 Å². The molecule has 0 saturated carbocycles. The van der Waals surface area contributed by atoms with Gasteiger partial charge in [0.25, 0.3) is 5.88 Å². The first-order chi connectivity index (χ1) is 13.8. The molecule has 146 valence electrons. The molecular weight excluding hydrogens is 356 g/mol. The van der Waals surface area contributed by atoms with Gasteiger partial charge in [0.1, 0.15) is 11.5 Å². The fraction of sp³-hybridized carbons (Fsp3) is 0.273. The summed E-state index contributed by atoms with van der Waals surface area (Å²) >= 11 is 0. The van der Waals surface area contributed by atoms with Gasteiger partial charge in [0, 0.05) is 19.5 Å². The lowest BCUT2D eigenvalue weighted by Crippen LogP contribution is -2.15. The summed E-state index contributed by atoms with van der Waals surface area (Å²) in [6.07, 6.45) is 6.42. The van der Waals surface area contributed by atoms with Gasteiger partial charge >= 0.3 is 0 Å². The maximum Gasteiger partial charge on any atom is 0.262 e. The standard InChI is InChI=1S/C22H24N2O4/c1-17(25-2)27-21-16-23-14-12-18(21)8-7-15-26-20-11-6-13-24-22(20)28-19-9-4-3-5-10-19/h3-6,9-14,16-17H,7-8,15H2,1-2H3. The van der Waals surface area contributed by atoms with Crippen LogP contribution in [0.25, 0.3) is 0 Å². The number of pyridine rings is 2. The van der Waals surface area contributed by atoms with Gasteiger partial charge in [-0.2, -0.15) is 0 Å². The Kier molecular flexibility index (Phi) is 7.21. The summed E-state index contributed by atoms with van der Waals surface area (Å²) in [4.78, 5) is 8.40. The van der Waals surface area contributed by atoms with Crippen molar-refractivity contribution in [2.45, 2.75) is 26.1 Å². The van der Waals surface area contributed by atoms with Crippen LogP contribution in [0.4, 0.5) is 0 Å². The minimum Gasteiger partial charge on any atom is -0.488 e. The third-order valence-corrected chi connectivity index (χ3v) is 4.04. The lowest BCUT2D eigenvalue weighted by molar-refractivity contribution is -0.0390. The molecule has 0 spiro atoms. The zero-order valence-electron chi connectivity index (χ0n) is 16.1. The number of aryl methyl sites for hydroxylation is 1. The molecule has 0 radical (unpaired) electrons. The molecule has 3 aromatic rings. The number of para-hydroxylation sites is 1. The molecular formula is C22H24N2O4. The molecule has 2 heterocycles. The molecule has 2 aromatic heterocycles. The highest BCUT2D eigenvalue weighted by atomic mass is 16.7. The summed E-state index contributed by atoms with van der Waals surface area (Å²) in [6, 6.07) is 15.2. The zero-order valence-corrected chi connectivity index (χ0v) is 16.1. The van der Waals surface area contributed by atoms with E-state index >= 15 is 0 Å². The number of hydrogen-bond acceptors (Lipinski definition) is 6. The average molecular weight is 380 g/mol. The van der Waals surface area contributed by atoms with Crippen molar-refractivity contribution in [1.82, 2.24) is 9.97 Å². The smallest absolute Gasteiger partial charge is 0.262 e. The molecule has 6 nitrogen and oxygen atoms in total. The second kappa shape index (κ2) is 10.3. The van der Waals surface area contributed by atoms with Crippen LogP contribution in [0.1, 0.15) is 18.9 Å². The molecule has 6 heteroatoms. The molecule has 0 aliphatic heterocycles. The highest BCUT2D eigenvalue weighted by molar-refractivity contribution is 5.37. The van der Waals surface area contributed by atoms with E-state index in [0.29, 0.717) is 18.2 Å². The first kappa shape index (κ1) is 19.6. The molecule has 1 atom stereocenters. The van der Waals surface area contributed by atoms with E-state index in [9.17, 15) is 0 Å². The minimum absolute atomic E-state index is 0.327. The van der Waals surface area contributed by atoms with Gasteiger partial charge in [0.15, 0.2) is 12.0 Å². The van der Waals surface area contributed by atoms with E-state index < -0.39 is 0 Å². The normalized spacial score (nSPS) is 11.6. The second-order valence-electron chi connectivity index (χ2n) is 6.08. The Balaban J connectivity index is 1.55. The van der Waals surface area contributed by atoms with Crippen LogP contribution >= 0.6 is 0 Å². The predicted octanol–water partition coefficient (Wildman–Crippen LogP) is 4.65. The molecule has 28 heavy (non-hydrogen) atoms. The SMILES string of the molecule is COC(C)Oc1cnccc1CCCOc1cccnc1Oc1ccccc1. The average Bonchev–Trinajstić information content (AvgIpc) is 2.74. The lowest BCUT2D eigenvalue weighted by Gasteiger charge is -2.15. The first-order valence-electron chi connectivity index (χ1n) is 9.19. The minimum atomic E-state index is -0.327. The van der Waals surface area contributed by atoms with Gasteiger partial charge < -0.3 is 18.9 Å². The van der Waals surface area contributed by atoms with Crippen LogP contribution in [-0.4, -0.2) is 30.0 Å². The third-order valence-electron chi connectivity index (χ3n) is 4.04. The molecule has 1 unspecified atom stereocenters. The summed E-state index contributed by atoms with van der Waals surface area (Å²) in [6.45, 7) is 2.37. The molecule has 3 rings (SSSR count). The predicted molar refractivity (Wildman–Crippen MR) is 106 cm³/mol. The maximum absolute atomic E-state index is 5.90. The molecule has 0 saturated heterocycles. The molecule has 0 fully saturated rings. The number of rotatable bonds is 10. The van der Waals surface area contributed by atoms with Gasteiger partial charge in [0.05, 0.1) is 12.8 Å². The Morgan fingerprint density at radius 3 is 2.64 bits per heavy atom. The Labute approximate surface area is 165 Å². The van der Waals surface area contributed by atoms with Crippen molar-refractivity contribution in [3.63, 3.8) is 0 Å². The topological polar surface area (TPSA) is 62.7 Å². The quantitative estimate of drug-likeness (QED) is 0.377. The summed E-state index contributed by atoms with van der Waals surface area (Å²) in [5.74, 6) is 2.52. The van der Waals surface area contributed by atoms with E-state index in [-0.39, 0.29) is 6.29 Å². The number of ether oxygens (including phenoxy) is 4. The van der Waals surface area contributed by atoms with E-state index in [1.54, 1.807) is 25.7 Å². The number of aromatic nitrogens is 2. The van der Waals surface area contributed by atoms with Crippen molar-refractivity contribution in [2.24, 2.45) is 0 Å². The van der Waals surface area contributed by atoms with Crippen LogP contribution in [0.5, 0.6) is 23.1 Å². The zero-order chi connectivity index (χ0) is 19.6. The monoisotopic (exact) mass is 380 g/mol. The molecule has 0 aliphatic carbocycles. The van der Waals surface area contributed by atoms with Gasteiger partial charge in [-0.05, 0) is 55.7 Å². The van der Waals surface area contributed by atoms with E-state index in [1.807, 2.05) is 55.5 Å². The fourth-order valence-corrected chi connectivity index (χ4v) is 2.56. The van der Waals surface area contributed by atoms with E-state index in [0.717, 1.165) is 29.9 Å². The van der Waals surface area contributed by atoms with Crippen molar-refractivity contribution < 1.29 is 18.9 Å². The third kappa shape index (κ3) is 5.69. The van der Waals surface area contributed by atoms with Crippen LogP contribution in [0.2, 0.25) is 0 Å². The van der Waals surface area contributed by atoms with Crippen LogP contribution < -0.4 is 14.2 Å². The summed E-state index contributed by atoms with van der Waals surface area (Å²) < 4.78 is 22.6. The second-order valence-corrected chi connectivity index (χ2v) is 6.08. The van der Waals surface area contributed by atoms with E-state index in [1.165, 1.54) is 0 Å². The van der Waals surface area contributed by atoms with Crippen molar-refractivity contribution in [2.75, 3.05) is 13.7 Å². The Hall–Kier alpha value is -3.12. The summed E-state index contributed by atoms with van der Waals surface area (Å²) in [5, 5.41) is 0. The summed E-state index contributed by atoms with van der Waals surface area (Å²) in [5.41, 5.74) is 1.06. The van der Waals surface area contributed by atoms with Gasteiger partial charge in [0.2, 0.25) is 0 Å². The molecule has 0 N–H and O–H groups in total. The van der Waals surface area contributed by atoms with Crippen LogP contribution in [0.3, 0.4) is 0 Å². The first-order valence-corrected chi connectivity index (χ1v) is 9.19. The molecule has 0 amide bonds. The van der Waals surface area contributed by atoms with Gasteiger partial charge in [-0.3, -0.25) is 4.98 Å². The lowest BCUT2D eigenvalue weighted by atomic mass is 10.1. The molecule has 0 aliphatic rings. The number of hydrogen-bond donors (Lipinski definition) is 0. The molecule has 1 aromatic carbocycles. The largest absolute Gasteiger partial charge is 0.488 e. The summed E-state index contributed by atoms with van der Waals surface area (Å²) in [7, 11) is 1.61. The highest BCUT2D eigenvalue weighted by Crippen LogP contribution is 2.29. The van der Waals surface area contributed by atoms with Crippen LogP contribution in [0.15, 0.2) is 67.1 Å². The van der Waals surface area contributed by atoms with Crippen molar-refractivity contribution in [3.05, 3.63) is 72.7 Å². The number of methoxy groups -OCH3 is 1. The highest BCUT2D eigenvalue weighted by Gasteiger charge is 2.10. The van der Waals surface area contributed by atoms with Crippen LogP contribution in [-0.2, 0) is 11.2 Å². The number of nitrogens with zero attached hydrogens (tertiary/aromatic N) is 2. The fourth-order valence-electron chi connectivity index (χ4n) is 2.56. The Bertz CT molecular complexity index is 858. The van der Waals surface area contributed by atoms with Crippen molar-refractivity contribution in [1.29, 1.82) is 0 Å². The van der Waals surface area contributed by atoms with Gasteiger partial charge in [-0.1, -0.05) is 18.2 Å². The van der Waals surface area contributed by atoms with E-state index in [2.05, 4.69) is 9.97 Å². The van der Waals surface area contributed by atoms with Gasteiger partial charge in [-0.25, -0.2) is 4.98 Å². The van der Waals surface area contributed by atoms with Crippen LogP contribution in [0, 0.1) is 0 Å². The van der Waals surface area contributed by atoms with Crippen molar-refractivity contribution in [3.8, 4) is 23.1 Å². The maximum atomic E-state index is 5.90. The number of benzene rings is 1.